The third kappa shape index (κ3) is 9.98. The number of hydrogen-bond acceptors (Lipinski definition) is 9. The number of aliphatic hydroxyl groups excluding tert-OH is 1. The van der Waals surface area contributed by atoms with Gasteiger partial charge in [-0.3, -0.25) is 23.9 Å². The van der Waals surface area contributed by atoms with Crippen molar-refractivity contribution in [2.24, 2.45) is 22.7 Å². The van der Waals surface area contributed by atoms with Crippen molar-refractivity contribution in [3.05, 3.63) is 89.7 Å². The Morgan fingerprint density at radius 3 is 2.18 bits per heavy atom. The molecule has 3 heterocycles. The molecule has 296 valence electrons. The number of nitrogens with zero attached hydrogens (tertiary/aromatic N) is 4. The summed E-state index contributed by atoms with van der Waals surface area (Å²) in [7, 11) is 0. The molecule has 1 saturated carbocycles. The van der Waals surface area contributed by atoms with Crippen LogP contribution in [0.1, 0.15) is 48.7 Å². The number of carbonyl (C=O) groups excluding carboxylic acids is 4. The van der Waals surface area contributed by atoms with Crippen LogP contribution in [0.2, 0.25) is 0 Å². The summed E-state index contributed by atoms with van der Waals surface area (Å²) in [6.45, 7) is 8.98. The molecule has 3 fully saturated rings. The number of hydrogen-bond donors (Lipinski definition) is 3. The van der Waals surface area contributed by atoms with E-state index in [0.29, 0.717) is 45.0 Å². The van der Waals surface area contributed by atoms with E-state index in [0.717, 1.165) is 17.5 Å². The van der Waals surface area contributed by atoms with Gasteiger partial charge in [-0.25, -0.2) is 0 Å². The Balaban J connectivity index is 1.15. The van der Waals surface area contributed by atoms with Gasteiger partial charge < -0.3 is 39.8 Å². The molecule has 3 N–H and O–H groups in total. The van der Waals surface area contributed by atoms with Gasteiger partial charge in [0.25, 0.3) is 5.91 Å². The lowest BCUT2D eigenvalue weighted by Crippen LogP contribution is -2.65. The van der Waals surface area contributed by atoms with Crippen molar-refractivity contribution in [2.75, 3.05) is 65.8 Å². The van der Waals surface area contributed by atoms with Crippen molar-refractivity contribution in [3.8, 4) is 0 Å². The minimum absolute atomic E-state index is 0.0383. The van der Waals surface area contributed by atoms with E-state index in [2.05, 4.69) is 29.6 Å². The molecular formula is C41H54N6O8. The number of amides is 4. The van der Waals surface area contributed by atoms with Gasteiger partial charge in [0.15, 0.2) is 0 Å². The summed E-state index contributed by atoms with van der Waals surface area (Å²) in [6, 6.07) is 18.4. The molecule has 14 heteroatoms. The lowest BCUT2D eigenvalue weighted by Gasteiger charge is -2.50. The summed E-state index contributed by atoms with van der Waals surface area (Å²) >= 11 is 0. The lowest BCUT2D eigenvalue weighted by molar-refractivity contribution is -0.152. The largest absolute Gasteiger partial charge is 0.394 e. The van der Waals surface area contributed by atoms with Crippen LogP contribution in [-0.4, -0.2) is 126 Å². The van der Waals surface area contributed by atoms with Gasteiger partial charge in [0.1, 0.15) is 6.04 Å². The number of aromatic nitrogens is 2. The maximum absolute atomic E-state index is 14.4. The minimum Gasteiger partial charge on any atom is -0.394 e. The molecule has 0 bridgehead atoms. The molecule has 3 aliphatic rings. The summed E-state index contributed by atoms with van der Waals surface area (Å²) in [5.74, 6) is -1.67. The van der Waals surface area contributed by atoms with E-state index in [9.17, 15) is 19.2 Å². The third-order valence-corrected chi connectivity index (χ3v) is 11.0. The van der Waals surface area contributed by atoms with Crippen LogP contribution in [0, 0.1) is 22.7 Å². The molecule has 4 atom stereocenters. The molecule has 1 spiro atoms. The van der Waals surface area contributed by atoms with Crippen LogP contribution in [0.3, 0.4) is 0 Å². The van der Waals surface area contributed by atoms with Crippen LogP contribution in [0.25, 0.3) is 0 Å². The van der Waals surface area contributed by atoms with Gasteiger partial charge >= 0.3 is 0 Å². The fourth-order valence-electron chi connectivity index (χ4n) is 7.59. The Hall–Kier alpha value is -4.63. The van der Waals surface area contributed by atoms with Gasteiger partial charge in [-0.2, -0.15) is 5.10 Å². The van der Waals surface area contributed by atoms with Crippen molar-refractivity contribution in [2.45, 2.75) is 52.5 Å². The average molecular weight is 759 g/mol. The zero-order chi connectivity index (χ0) is 39.0. The highest BCUT2D eigenvalue weighted by molar-refractivity contribution is 5.96. The van der Waals surface area contributed by atoms with Crippen molar-refractivity contribution >= 4 is 23.6 Å². The number of likely N-dealkylation sites (tertiary alicyclic amines) is 2. The van der Waals surface area contributed by atoms with E-state index in [1.54, 1.807) is 28.9 Å². The first-order valence-electron chi connectivity index (χ1n) is 19.1. The molecule has 4 amide bonds. The molecular weight excluding hydrogens is 704 g/mol. The molecule has 1 aliphatic carbocycles. The number of aliphatic hydroxyl groups is 1. The Kier molecular flexibility index (Phi) is 13.0. The molecule has 55 heavy (non-hydrogen) atoms. The van der Waals surface area contributed by atoms with E-state index >= 15 is 0 Å². The first-order valence-corrected chi connectivity index (χ1v) is 19.1. The number of rotatable bonds is 19. The highest BCUT2D eigenvalue weighted by Gasteiger charge is 2.62. The number of nitrogens with one attached hydrogen (secondary N) is 2. The summed E-state index contributed by atoms with van der Waals surface area (Å²) in [5.41, 5.74) is 1.68. The van der Waals surface area contributed by atoms with Gasteiger partial charge in [-0.1, -0.05) is 74.5 Å². The maximum atomic E-state index is 14.4. The molecule has 2 aromatic carbocycles. The molecule has 0 radical (unpaired) electrons. The summed E-state index contributed by atoms with van der Waals surface area (Å²) in [5, 5.41) is 19.1. The second-order valence-electron chi connectivity index (χ2n) is 15.7. The highest BCUT2D eigenvalue weighted by atomic mass is 16.5. The number of carbonyl (C=O) groups is 4. The SMILES string of the molecule is C[C@@H](OCc1ccccc1)C(NC(=O)C1CN(C(=O)c2cnn(Cc3ccccc3)c2)CC12CN(C(=O)[C@H]1CC1(C)C)C2)C(=O)NCCOCCOCCO. The minimum atomic E-state index is -1.05. The Morgan fingerprint density at radius 1 is 0.891 bits per heavy atom. The quantitative estimate of drug-likeness (QED) is 0.156. The summed E-state index contributed by atoms with van der Waals surface area (Å²) in [4.78, 5) is 59.0. The Morgan fingerprint density at radius 2 is 1.53 bits per heavy atom. The predicted octanol–water partition coefficient (Wildman–Crippen LogP) is 2.11. The van der Waals surface area contributed by atoms with E-state index in [4.69, 9.17) is 19.3 Å². The molecule has 2 unspecified atom stereocenters. The first kappa shape index (κ1) is 40.0. The zero-order valence-electron chi connectivity index (χ0n) is 32.0. The van der Waals surface area contributed by atoms with Gasteiger partial charge in [0.05, 0.1) is 70.0 Å². The van der Waals surface area contributed by atoms with Crippen LogP contribution >= 0.6 is 0 Å². The predicted molar refractivity (Wildman–Crippen MR) is 202 cm³/mol. The molecule has 1 aromatic heterocycles. The average Bonchev–Trinajstić information content (AvgIpc) is 3.46. The van der Waals surface area contributed by atoms with Crippen molar-refractivity contribution < 1.29 is 38.5 Å². The van der Waals surface area contributed by atoms with Crippen molar-refractivity contribution in [1.82, 2.24) is 30.2 Å². The van der Waals surface area contributed by atoms with Crippen LogP contribution in [0.4, 0.5) is 0 Å². The normalized spacial score (nSPS) is 20.4. The van der Waals surface area contributed by atoms with Crippen LogP contribution < -0.4 is 10.6 Å². The van der Waals surface area contributed by atoms with E-state index in [1.807, 2.05) is 65.6 Å². The monoisotopic (exact) mass is 758 g/mol. The standard InChI is InChI=1S/C41H54N6O8/c1-29(55-25-31-12-8-5-9-13-31)35(37(50)42-14-16-53-18-19-54-17-15-48)44-36(49)34-24-45(26-41(34)27-46(28-41)39(52)33-20-40(33,2)3)38(51)32-21-43-47(23-32)22-30-10-6-4-7-11-30/h4-13,21,23,29,33-35,48H,14-20,22,24-28H2,1-3H3,(H,42,50)(H,44,49)/t29-,33-,34?,35?/m1/s1. The van der Waals surface area contributed by atoms with Gasteiger partial charge in [-0.15, -0.1) is 0 Å². The molecule has 2 saturated heterocycles. The van der Waals surface area contributed by atoms with Crippen LogP contribution in [-0.2, 0) is 41.7 Å². The first-order chi connectivity index (χ1) is 26.5. The van der Waals surface area contributed by atoms with Crippen LogP contribution in [0.5, 0.6) is 0 Å². The zero-order valence-corrected chi connectivity index (χ0v) is 32.0. The smallest absolute Gasteiger partial charge is 0.257 e. The van der Waals surface area contributed by atoms with Gasteiger partial charge in [0.2, 0.25) is 17.7 Å². The molecule has 3 aromatic rings. The Labute approximate surface area is 322 Å². The van der Waals surface area contributed by atoms with E-state index in [-0.39, 0.29) is 68.6 Å². The van der Waals surface area contributed by atoms with E-state index < -0.39 is 29.4 Å². The fourth-order valence-corrected chi connectivity index (χ4v) is 7.59. The van der Waals surface area contributed by atoms with Gasteiger partial charge in [-0.05, 0) is 29.9 Å². The number of benzene rings is 2. The van der Waals surface area contributed by atoms with Crippen molar-refractivity contribution in [3.63, 3.8) is 0 Å². The Bertz CT molecular complexity index is 1760. The van der Waals surface area contributed by atoms with Crippen LogP contribution in [0.15, 0.2) is 73.1 Å². The highest BCUT2D eigenvalue weighted by Crippen LogP contribution is 2.54. The number of ether oxygens (including phenoxy) is 3. The second kappa shape index (κ2) is 17.9. The van der Waals surface area contributed by atoms with Gasteiger partial charge in [0, 0.05) is 50.3 Å². The molecule has 14 nitrogen and oxygen atoms in total. The summed E-state index contributed by atoms with van der Waals surface area (Å²) in [6.07, 6.45) is 3.39. The lowest BCUT2D eigenvalue weighted by atomic mass is 9.70. The second-order valence-corrected chi connectivity index (χ2v) is 15.7. The molecule has 6 rings (SSSR count). The third-order valence-electron chi connectivity index (χ3n) is 11.0. The van der Waals surface area contributed by atoms with E-state index in [1.165, 1.54) is 0 Å². The molecule has 2 aliphatic heterocycles. The summed E-state index contributed by atoms with van der Waals surface area (Å²) < 4.78 is 18.6. The van der Waals surface area contributed by atoms with Crippen molar-refractivity contribution in [1.29, 1.82) is 0 Å². The maximum Gasteiger partial charge on any atom is 0.257 e. The fraction of sp³-hybridized carbons (Fsp3) is 0.537. The topological polar surface area (TPSA) is 165 Å².